The number of methoxy groups -OCH3 is 2. The topological polar surface area (TPSA) is 68.7 Å². The van der Waals surface area contributed by atoms with Gasteiger partial charge in [-0.2, -0.15) is 0 Å². The van der Waals surface area contributed by atoms with Gasteiger partial charge in [0.1, 0.15) is 5.01 Å². The number of aromatic nitrogens is 1. The van der Waals surface area contributed by atoms with E-state index >= 15 is 0 Å². The summed E-state index contributed by atoms with van der Waals surface area (Å²) in [5, 5.41) is 9.88. The van der Waals surface area contributed by atoms with E-state index in [-0.39, 0.29) is 6.42 Å². The van der Waals surface area contributed by atoms with E-state index in [0.717, 1.165) is 26.4 Å². The number of aliphatic carboxylic acids is 1. The molecule has 3 rings (SSSR count). The fraction of sp³-hybridized carbons (Fsp3) is 0.238. The standard InChI is InChI=1S/C21H21NO4S/c1-25-17-10-5-7-14(20(17)26-2)13-15(8-6-12-19(23)24)21-22-16-9-3-4-11-18(16)27-21/h3-5,7,9-11,13H,6,8,12H2,1-2H3,(H,23,24)/b15-13+. The highest BCUT2D eigenvalue weighted by atomic mass is 32.1. The van der Waals surface area contributed by atoms with Crippen molar-refractivity contribution in [3.63, 3.8) is 0 Å². The van der Waals surface area contributed by atoms with Crippen LogP contribution in [0.2, 0.25) is 0 Å². The summed E-state index contributed by atoms with van der Waals surface area (Å²) in [7, 11) is 3.21. The van der Waals surface area contributed by atoms with E-state index < -0.39 is 5.97 Å². The first-order valence-electron chi connectivity index (χ1n) is 8.61. The van der Waals surface area contributed by atoms with Crippen LogP contribution in [-0.2, 0) is 4.79 Å². The Bertz CT molecular complexity index is 944. The molecule has 0 spiro atoms. The minimum Gasteiger partial charge on any atom is -0.493 e. The van der Waals surface area contributed by atoms with Gasteiger partial charge in [-0.3, -0.25) is 4.79 Å². The third-order valence-corrected chi connectivity index (χ3v) is 5.28. The van der Waals surface area contributed by atoms with Gasteiger partial charge in [-0.05, 0) is 42.7 Å². The number of allylic oxidation sites excluding steroid dienone is 1. The Morgan fingerprint density at radius 3 is 2.63 bits per heavy atom. The van der Waals surface area contributed by atoms with Crippen molar-refractivity contribution < 1.29 is 19.4 Å². The summed E-state index contributed by atoms with van der Waals surface area (Å²) in [5.41, 5.74) is 2.81. The van der Waals surface area contributed by atoms with Crippen LogP contribution in [0.4, 0.5) is 0 Å². The molecule has 0 saturated heterocycles. The molecule has 3 aromatic rings. The van der Waals surface area contributed by atoms with Gasteiger partial charge in [-0.15, -0.1) is 11.3 Å². The lowest BCUT2D eigenvalue weighted by atomic mass is 10.0. The summed E-state index contributed by atoms with van der Waals surface area (Å²) >= 11 is 1.61. The highest BCUT2D eigenvalue weighted by molar-refractivity contribution is 7.19. The molecule has 1 heterocycles. The number of carboxylic acid groups (broad SMARTS) is 1. The number of carbonyl (C=O) groups is 1. The molecule has 0 aliphatic rings. The lowest BCUT2D eigenvalue weighted by molar-refractivity contribution is -0.137. The molecule has 2 aromatic carbocycles. The second-order valence-electron chi connectivity index (χ2n) is 5.99. The second kappa shape index (κ2) is 8.68. The van der Waals surface area contributed by atoms with Crippen LogP contribution in [0.25, 0.3) is 21.9 Å². The first-order valence-corrected chi connectivity index (χ1v) is 9.43. The van der Waals surface area contributed by atoms with Gasteiger partial charge in [-0.25, -0.2) is 4.98 Å². The van der Waals surface area contributed by atoms with E-state index in [1.807, 2.05) is 48.5 Å². The van der Waals surface area contributed by atoms with Gasteiger partial charge >= 0.3 is 5.97 Å². The number of hydrogen-bond acceptors (Lipinski definition) is 5. The zero-order chi connectivity index (χ0) is 19.2. The number of benzene rings is 2. The highest BCUT2D eigenvalue weighted by Crippen LogP contribution is 2.36. The average molecular weight is 383 g/mol. The number of fused-ring (bicyclic) bond motifs is 1. The summed E-state index contributed by atoms with van der Waals surface area (Å²) in [6, 6.07) is 13.7. The van der Waals surface area contributed by atoms with Gasteiger partial charge in [0.15, 0.2) is 11.5 Å². The van der Waals surface area contributed by atoms with Gasteiger partial charge < -0.3 is 14.6 Å². The molecule has 0 aliphatic carbocycles. The van der Waals surface area contributed by atoms with Crippen molar-refractivity contribution in [2.45, 2.75) is 19.3 Å². The molecule has 0 bridgehead atoms. The molecule has 0 fully saturated rings. The van der Waals surface area contributed by atoms with Crippen LogP contribution in [0.3, 0.4) is 0 Å². The van der Waals surface area contributed by atoms with Crippen LogP contribution < -0.4 is 9.47 Å². The summed E-state index contributed by atoms with van der Waals surface area (Å²) < 4.78 is 12.0. The van der Waals surface area contributed by atoms with Gasteiger partial charge in [0.05, 0.1) is 24.4 Å². The number of ether oxygens (including phenoxy) is 2. The van der Waals surface area contributed by atoms with Crippen molar-refractivity contribution >= 4 is 39.2 Å². The Labute approximate surface area is 161 Å². The third kappa shape index (κ3) is 4.46. The molecular weight excluding hydrogens is 362 g/mol. The molecule has 0 atom stereocenters. The summed E-state index contributed by atoms with van der Waals surface area (Å²) in [5.74, 6) is 0.509. The smallest absolute Gasteiger partial charge is 0.303 e. The maximum absolute atomic E-state index is 10.9. The van der Waals surface area contributed by atoms with Crippen LogP contribution in [0.15, 0.2) is 42.5 Å². The van der Waals surface area contributed by atoms with Crippen molar-refractivity contribution in [1.82, 2.24) is 4.98 Å². The molecule has 1 aromatic heterocycles. The number of thiazole rings is 1. The fourth-order valence-corrected chi connectivity index (χ4v) is 3.90. The van der Waals surface area contributed by atoms with E-state index in [9.17, 15) is 4.79 Å². The van der Waals surface area contributed by atoms with E-state index in [2.05, 4.69) is 0 Å². The lowest BCUT2D eigenvalue weighted by Crippen LogP contribution is -1.96. The van der Waals surface area contributed by atoms with Crippen molar-refractivity contribution in [3.8, 4) is 11.5 Å². The number of rotatable bonds is 8. The molecule has 5 nitrogen and oxygen atoms in total. The Kier molecular flexibility index (Phi) is 6.08. The van der Waals surface area contributed by atoms with Crippen LogP contribution in [0.1, 0.15) is 29.8 Å². The quantitative estimate of drug-likeness (QED) is 0.585. The van der Waals surface area contributed by atoms with Crippen molar-refractivity contribution in [2.75, 3.05) is 14.2 Å². The number of hydrogen-bond donors (Lipinski definition) is 1. The second-order valence-corrected chi connectivity index (χ2v) is 7.02. The van der Waals surface area contributed by atoms with E-state index in [0.29, 0.717) is 24.3 Å². The van der Waals surface area contributed by atoms with Crippen molar-refractivity contribution in [3.05, 3.63) is 53.0 Å². The summed E-state index contributed by atoms with van der Waals surface area (Å²) in [4.78, 5) is 15.7. The van der Waals surface area contributed by atoms with Crippen LogP contribution in [0.5, 0.6) is 11.5 Å². The third-order valence-electron chi connectivity index (χ3n) is 4.17. The lowest BCUT2D eigenvalue weighted by Gasteiger charge is -2.11. The SMILES string of the molecule is COc1cccc(/C=C(\CCCC(=O)O)c2nc3ccccc3s2)c1OC. The monoisotopic (exact) mass is 383 g/mol. The van der Waals surface area contributed by atoms with E-state index in [1.165, 1.54) is 0 Å². The molecule has 27 heavy (non-hydrogen) atoms. The molecule has 0 amide bonds. The molecule has 1 N–H and O–H groups in total. The number of para-hydroxylation sites is 2. The summed E-state index contributed by atoms with van der Waals surface area (Å²) in [6.45, 7) is 0. The maximum Gasteiger partial charge on any atom is 0.303 e. The molecule has 0 saturated carbocycles. The van der Waals surface area contributed by atoms with Crippen LogP contribution >= 0.6 is 11.3 Å². The molecule has 140 valence electrons. The minimum absolute atomic E-state index is 0.123. The van der Waals surface area contributed by atoms with Gasteiger partial charge in [0.2, 0.25) is 0 Å². The minimum atomic E-state index is -0.794. The van der Waals surface area contributed by atoms with E-state index in [4.69, 9.17) is 19.6 Å². The van der Waals surface area contributed by atoms with Crippen molar-refractivity contribution in [2.24, 2.45) is 0 Å². The van der Waals surface area contributed by atoms with Crippen LogP contribution in [-0.4, -0.2) is 30.3 Å². The predicted octanol–water partition coefficient (Wildman–Crippen LogP) is 5.11. The first kappa shape index (κ1) is 18.9. The van der Waals surface area contributed by atoms with Gasteiger partial charge in [0, 0.05) is 12.0 Å². The number of nitrogens with zero attached hydrogens (tertiary/aromatic N) is 1. The zero-order valence-electron chi connectivity index (χ0n) is 15.3. The summed E-state index contributed by atoms with van der Waals surface area (Å²) in [6.07, 6.45) is 3.30. The first-order chi connectivity index (χ1) is 13.1. The Morgan fingerprint density at radius 1 is 1.11 bits per heavy atom. The Morgan fingerprint density at radius 2 is 1.93 bits per heavy atom. The molecule has 6 heteroatoms. The predicted molar refractivity (Wildman–Crippen MR) is 109 cm³/mol. The molecular formula is C21H21NO4S. The fourth-order valence-electron chi connectivity index (χ4n) is 2.89. The van der Waals surface area contributed by atoms with Crippen LogP contribution in [0, 0.1) is 0 Å². The van der Waals surface area contributed by atoms with Crippen molar-refractivity contribution in [1.29, 1.82) is 0 Å². The normalized spacial score (nSPS) is 11.6. The highest BCUT2D eigenvalue weighted by Gasteiger charge is 2.13. The Hall–Kier alpha value is -2.86. The van der Waals surface area contributed by atoms with E-state index in [1.54, 1.807) is 25.6 Å². The molecule has 0 aliphatic heterocycles. The maximum atomic E-state index is 10.9. The molecule has 0 unspecified atom stereocenters. The van der Waals surface area contributed by atoms with Gasteiger partial charge in [-0.1, -0.05) is 24.3 Å². The number of carboxylic acids is 1. The average Bonchev–Trinajstić information content (AvgIpc) is 3.10. The Balaban J connectivity index is 2.03. The largest absolute Gasteiger partial charge is 0.493 e. The van der Waals surface area contributed by atoms with Gasteiger partial charge in [0.25, 0.3) is 0 Å². The molecule has 0 radical (unpaired) electrons. The zero-order valence-corrected chi connectivity index (χ0v) is 16.1.